The molecule has 9 heteroatoms. The molecule has 31 heavy (non-hydrogen) atoms. The van der Waals surface area contributed by atoms with Crippen molar-refractivity contribution in [2.75, 3.05) is 13.1 Å². The fourth-order valence-corrected chi connectivity index (χ4v) is 3.89. The zero-order valence-corrected chi connectivity index (χ0v) is 17.0. The average molecular weight is 448 g/mol. The van der Waals surface area contributed by atoms with Gasteiger partial charge in [0.2, 0.25) is 0 Å². The zero-order valence-electron chi connectivity index (χ0n) is 16.2. The lowest BCUT2D eigenvalue weighted by Gasteiger charge is -2.15. The maximum Gasteiger partial charge on any atom is 0.416 e. The van der Waals surface area contributed by atoms with Crippen LogP contribution in [0.4, 0.5) is 13.2 Å². The third-order valence-electron chi connectivity index (χ3n) is 4.43. The van der Waals surface area contributed by atoms with Crippen molar-refractivity contribution >= 4 is 16.3 Å². The fraction of sp³-hybridized carbons (Fsp3) is 0.136. The molecule has 0 aliphatic heterocycles. The molecule has 3 aromatic carbocycles. The second-order valence-corrected chi connectivity index (χ2v) is 8.39. The highest BCUT2D eigenvalue weighted by Gasteiger charge is 2.30. The predicted octanol–water partition coefficient (Wildman–Crippen LogP) is 4.30. The van der Waals surface area contributed by atoms with Crippen LogP contribution in [0.1, 0.15) is 15.9 Å². The Morgan fingerprint density at radius 2 is 1.55 bits per heavy atom. The summed E-state index contributed by atoms with van der Waals surface area (Å²) in [5.41, 5.74) is 0.488. The van der Waals surface area contributed by atoms with Crippen molar-refractivity contribution in [2.24, 2.45) is 0 Å². The summed E-state index contributed by atoms with van der Waals surface area (Å²) in [7, 11) is -3.65. The largest absolute Gasteiger partial charge is 0.593 e. The number of alkyl halides is 3. The molecule has 3 rings (SSSR count). The molecule has 1 unspecified atom stereocenters. The SMILES string of the molecule is O=C(NCCN[S+](=O)([O-])c1ccccc1)c1ccc(-c2cccc(C(F)(F)F)c2)cc1. The maximum absolute atomic E-state index is 12.9. The van der Waals surface area contributed by atoms with Crippen molar-refractivity contribution in [3.63, 3.8) is 0 Å². The van der Waals surface area contributed by atoms with Gasteiger partial charge in [-0.3, -0.25) is 4.79 Å². The number of halogens is 3. The Morgan fingerprint density at radius 3 is 2.19 bits per heavy atom. The Bertz CT molecular complexity index is 1090. The highest BCUT2D eigenvalue weighted by Crippen LogP contribution is 2.32. The second-order valence-electron chi connectivity index (χ2n) is 6.62. The van der Waals surface area contributed by atoms with Crippen molar-refractivity contribution in [2.45, 2.75) is 11.1 Å². The van der Waals surface area contributed by atoms with Crippen LogP contribution in [0.3, 0.4) is 0 Å². The minimum atomic E-state index is -4.43. The minimum absolute atomic E-state index is 0.00524. The maximum atomic E-state index is 12.9. The molecular formula is C22H19F3N2O3S. The molecule has 2 N–H and O–H groups in total. The number of carbonyl (C=O) groups is 1. The molecule has 0 heterocycles. The molecule has 0 saturated heterocycles. The van der Waals surface area contributed by atoms with Gasteiger partial charge < -0.3 is 9.87 Å². The highest BCUT2D eigenvalue weighted by molar-refractivity contribution is 7.95. The summed E-state index contributed by atoms with van der Waals surface area (Å²) in [4.78, 5) is 12.4. The van der Waals surface area contributed by atoms with Crippen molar-refractivity contribution in [1.29, 1.82) is 0 Å². The molecule has 0 radical (unpaired) electrons. The number of nitrogens with one attached hydrogen (secondary N) is 2. The van der Waals surface area contributed by atoms with Gasteiger partial charge in [0.15, 0.2) is 15.3 Å². The van der Waals surface area contributed by atoms with E-state index >= 15 is 0 Å². The third kappa shape index (κ3) is 6.00. The monoisotopic (exact) mass is 448 g/mol. The summed E-state index contributed by atoms with van der Waals surface area (Å²) in [5.74, 6) is -0.422. The van der Waals surface area contributed by atoms with E-state index in [2.05, 4.69) is 10.0 Å². The molecule has 0 spiro atoms. The summed E-state index contributed by atoms with van der Waals surface area (Å²) >= 11 is 0. The van der Waals surface area contributed by atoms with Gasteiger partial charge in [-0.2, -0.15) is 13.2 Å². The van der Waals surface area contributed by atoms with E-state index in [0.717, 1.165) is 12.1 Å². The molecule has 162 valence electrons. The normalized spacial score (nSPS) is 13.4. The molecule has 0 aromatic heterocycles. The third-order valence-corrected chi connectivity index (χ3v) is 5.90. The molecule has 0 fully saturated rings. The number of hydrogen-bond acceptors (Lipinski definition) is 3. The van der Waals surface area contributed by atoms with Gasteiger partial charge in [-0.1, -0.05) is 46.7 Å². The second kappa shape index (κ2) is 9.42. The number of hydrogen-bond donors (Lipinski definition) is 2. The molecule has 0 bridgehead atoms. The van der Waals surface area contributed by atoms with Crippen LogP contribution < -0.4 is 10.0 Å². The first-order chi connectivity index (χ1) is 14.7. The molecule has 0 saturated carbocycles. The minimum Gasteiger partial charge on any atom is -0.593 e. The van der Waals surface area contributed by atoms with Crippen molar-refractivity contribution in [3.8, 4) is 11.1 Å². The van der Waals surface area contributed by atoms with Crippen molar-refractivity contribution < 1.29 is 26.7 Å². The van der Waals surface area contributed by atoms with Crippen LogP contribution in [0.5, 0.6) is 0 Å². The average Bonchev–Trinajstić information content (AvgIpc) is 2.77. The van der Waals surface area contributed by atoms with Gasteiger partial charge in [-0.05, 0) is 47.5 Å². The van der Waals surface area contributed by atoms with Gasteiger partial charge >= 0.3 is 6.18 Å². The molecule has 5 nitrogen and oxygen atoms in total. The van der Waals surface area contributed by atoms with E-state index in [1.54, 1.807) is 36.4 Å². The molecule has 1 amide bonds. The zero-order chi connectivity index (χ0) is 22.5. The number of benzene rings is 3. The van der Waals surface area contributed by atoms with Crippen molar-refractivity contribution in [1.82, 2.24) is 10.0 Å². The quantitative estimate of drug-likeness (QED) is 0.418. The van der Waals surface area contributed by atoms with E-state index in [1.807, 2.05) is 0 Å². The summed E-state index contributed by atoms with van der Waals surface area (Å²) < 4.78 is 65.2. The lowest BCUT2D eigenvalue weighted by Crippen LogP contribution is -2.37. The standard InChI is InChI=1S/C22H19F3N2O3S/c23-22(24,25)19-6-4-5-18(15-19)16-9-11-17(12-10-16)21(28)26-13-14-27-31(29,30)20-7-2-1-3-8-20/h1-12,15H,13-14H2,(H2-,26,27,28,29,30). The molecule has 0 aliphatic carbocycles. The first-order valence-corrected chi connectivity index (χ1v) is 10.8. The lowest BCUT2D eigenvalue weighted by molar-refractivity contribution is -0.137. The van der Waals surface area contributed by atoms with E-state index in [-0.39, 0.29) is 18.0 Å². The van der Waals surface area contributed by atoms with Gasteiger partial charge in [0.05, 0.1) is 12.1 Å². The predicted molar refractivity (Wildman–Crippen MR) is 111 cm³/mol. The van der Waals surface area contributed by atoms with Gasteiger partial charge in [0, 0.05) is 12.1 Å². The van der Waals surface area contributed by atoms with Crippen LogP contribution >= 0.6 is 0 Å². The van der Waals surface area contributed by atoms with E-state index in [1.165, 1.54) is 30.3 Å². The Balaban J connectivity index is 1.56. The molecular weight excluding hydrogens is 429 g/mol. The van der Waals surface area contributed by atoms with Crippen LogP contribution in [0.25, 0.3) is 11.1 Å². The topological polar surface area (TPSA) is 81.3 Å². The molecule has 1 atom stereocenters. The highest BCUT2D eigenvalue weighted by atomic mass is 32.3. The summed E-state index contributed by atoms with van der Waals surface area (Å²) in [6.45, 7) is 0.0750. The lowest BCUT2D eigenvalue weighted by atomic mass is 10.0. The first kappa shape index (κ1) is 22.7. The summed E-state index contributed by atoms with van der Waals surface area (Å²) in [6.07, 6.45) is -4.43. The van der Waals surface area contributed by atoms with Crippen LogP contribution in [0.2, 0.25) is 0 Å². The Labute approximate surface area is 178 Å². The Kier molecular flexibility index (Phi) is 6.89. The Morgan fingerprint density at radius 1 is 0.871 bits per heavy atom. The van der Waals surface area contributed by atoms with E-state index in [0.29, 0.717) is 16.7 Å². The number of amides is 1. The van der Waals surface area contributed by atoms with Gasteiger partial charge in [0.1, 0.15) is 0 Å². The van der Waals surface area contributed by atoms with Crippen LogP contribution in [0.15, 0.2) is 83.8 Å². The van der Waals surface area contributed by atoms with E-state index in [9.17, 15) is 26.7 Å². The number of sulfonamides is 1. The molecule has 3 aromatic rings. The number of carbonyl (C=O) groups excluding carboxylic acids is 1. The van der Waals surface area contributed by atoms with Crippen LogP contribution in [-0.4, -0.2) is 23.5 Å². The fourth-order valence-electron chi connectivity index (χ4n) is 2.84. The smallest absolute Gasteiger partial charge is 0.416 e. The molecule has 0 aliphatic rings. The number of rotatable bonds is 7. The first-order valence-electron chi connectivity index (χ1n) is 9.27. The van der Waals surface area contributed by atoms with Gasteiger partial charge in [-0.25, -0.2) is 0 Å². The summed E-state index contributed by atoms with van der Waals surface area (Å²) in [5, 5.41) is 2.60. The Hall–Kier alpha value is -3.01. The van der Waals surface area contributed by atoms with Gasteiger partial charge in [-0.15, -0.1) is 4.72 Å². The van der Waals surface area contributed by atoms with Crippen molar-refractivity contribution in [3.05, 3.63) is 90.0 Å². The van der Waals surface area contributed by atoms with E-state index < -0.39 is 28.0 Å². The summed E-state index contributed by atoms with van der Waals surface area (Å²) in [6, 6.07) is 18.9. The van der Waals surface area contributed by atoms with Gasteiger partial charge in [0.25, 0.3) is 5.91 Å². The van der Waals surface area contributed by atoms with Crippen LogP contribution in [0, 0.1) is 0 Å². The van der Waals surface area contributed by atoms with E-state index in [4.69, 9.17) is 0 Å². The van der Waals surface area contributed by atoms with Crippen LogP contribution in [-0.2, 0) is 20.8 Å².